The predicted molar refractivity (Wildman–Crippen MR) is 51.8 cm³/mol. The van der Waals surface area contributed by atoms with E-state index in [1.807, 2.05) is 0 Å². The van der Waals surface area contributed by atoms with Crippen molar-refractivity contribution in [3.05, 3.63) is 0 Å². The number of nitrogens with one attached hydrogen (secondary N) is 1. The molecule has 4 heteroatoms. The second-order valence-corrected chi connectivity index (χ2v) is 3.94. The summed E-state index contributed by atoms with van der Waals surface area (Å²) in [5, 5.41) is 11.2. The number of carboxylic acids is 1. The third-order valence-electron chi connectivity index (χ3n) is 2.84. The first kappa shape index (κ1) is 11.0. The number of rotatable bonds is 5. The first-order valence-corrected chi connectivity index (χ1v) is 5.11. The highest BCUT2D eigenvalue weighted by molar-refractivity contribution is 5.96. The molecule has 0 bridgehead atoms. The number of aliphatic carboxylic acids is 1. The van der Waals surface area contributed by atoms with Gasteiger partial charge in [0.15, 0.2) is 0 Å². The Balaban J connectivity index is 2.10. The monoisotopic (exact) mass is 199 g/mol. The fourth-order valence-electron chi connectivity index (χ4n) is 1.45. The maximum atomic E-state index is 11.2. The molecule has 0 aromatic carbocycles. The molecule has 1 rings (SSSR count). The zero-order valence-corrected chi connectivity index (χ0v) is 8.45. The lowest BCUT2D eigenvalue weighted by Gasteiger charge is -2.25. The first-order valence-electron chi connectivity index (χ1n) is 5.11. The highest BCUT2D eigenvalue weighted by Crippen LogP contribution is 2.28. The van der Waals surface area contributed by atoms with Crippen LogP contribution in [0, 0.1) is 11.8 Å². The van der Waals surface area contributed by atoms with Gasteiger partial charge in [0.2, 0.25) is 5.91 Å². The van der Waals surface area contributed by atoms with Crippen molar-refractivity contribution >= 4 is 11.9 Å². The molecule has 1 aliphatic carbocycles. The Bertz CT molecular complexity index is 223. The van der Waals surface area contributed by atoms with E-state index in [0.29, 0.717) is 6.54 Å². The molecule has 1 fully saturated rings. The van der Waals surface area contributed by atoms with Gasteiger partial charge in [0.1, 0.15) is 5.92 Å². The molecule has 4 nitrogen and oxygen atoms in total. The molecule has 0 aromatic heterocycles. The maximum Gasteiger partial charge on any atom is 0.315 e. The minimum atomic E-state index is -1.06. The van der Waals surface area contributed by atoms with E-state index >= 15 is 0 Å². The fourth-order valence-corrected chi connectivity index (χ4v) is 1.45. The van der Waals surface area contributed by atoms with Crippen LogP contribution in [0.15, 0.2) is 0 Å². The lowest BCUT2D eigenvalue weighted by molar-refractivity contribution is -0.146. The van der Waals surface area contributed by atoms with Crippen molar-refractivity contribution in [1.82, 2.24) is 5.32 Å². The van der Waals surface area contributed by atoms with Gasteiger partial charge in [-0.3, -0.25) is 9.59 Å². The van der Waals surface area contributed by atoms with Crippen LogP contribution in [0.4, 0.5) is 0 Å². The van der Waals surface area contributed by atoms with Gasteiger partial charge in [0, 0.05) is 6.54 Å². The second-order valence-electron chi connectivity index (χ2n) is 3.94. The molecule has 1 amide bonds. The third-order valence-corrected chi connectivity index (χ3v) is 2.84. The Morgan fingerprint density at radius 1 is 1.50 bits per heavy atom. The van der Waals surface area contributed by atoms with Crippen LogP contribution >= 0.6 is 0 Å². The summed E-state index contributed by atoms with van der Waals surface area (Å²) in [5.74, 6) is -1.63. The Kier molecular flexibility index (Phi) is 3.92. The molecule has 1 aliphatic rings. The lowest BCUT2D eigenvalue weighted by Crippen LogP contribution is -2.35. The molecule has 0 heterocycles. The van der Waals surface area contributed by atoms with Crippen LogP contribution in [0.3, 0.4) is 0 Å². The van der Waals surface area contributed by atoms with Crippen molar-refractivity contribution in [1.29, 1.82) is 0 Å². The van der Waals surface area contributed by atoms with E-state index in [2.05, 4.69) is 5.32 Å². The zero-order chi connectivity index (χ0) is 10.6. The van der Waals surface area contributed by atoms with E-state index in [-0.39, 0.29) is 5.91 Å². The molecular weight excluding hydrogens is 182 g/mol. The number of carbonyl (C=O) groups is 2. The van der Waals surface area contributed by atoms with Crippen LogP contribution < -0.4 is 5.32 Å². The molecule has 0 radical (unpaired) electrons. The van der Waals surface area contributed by atoms with Gasteiger partial charge in [0.25, 0.3) is 0 Å². The van der Waals surface area contributed by atoms with Crippen molar-refractivity contribution < 1.29 is 14.7 Å². The summed E-state index contributed by atoms with van der Waals surface area (Å²) in [6, 6.07) is 0. The van der Waals surface area contributed by atoms with Crippen molar-refractivity contribution in [2.45, 2.75) is 32.6 Å². The van der Waals surface area contributed by atoms with Crippen LogP contribution in [0.2, 0.25) is 0 Å². The second kappa shape index (κ2) is 4.98. The van der Waals surface area contributed by atoms with E-state index in [4.69, 9.17) is 5.11 Å². The van der Waals surface area contributed by atoms with Gasteiger partial charge >= 0.3 is 5.97 Å². The number of carboxylic acid groups (broad SMARTS) is 1. The van der Waals surface area contributed by atoms with E-state index in [1.165, 1.54) is 26.2 Å². The topological polar surface area (TPSA) is 66.4 Å². The Morgan fingerprint density at radius 3 is 2.57 bits per heavy atom. The summed E-state index contributed by atoms with van der Waals surface area (Å²) < 4.78 is 0. The number of hydrogen-bond acceptors (Lipinski definition) is 2. The van der Waals surface area contributed by atoms with E-state index < -0.39 is 11.9 Å². The Hall–Kier alpha value is -1.06. The molecule has 0 aliphatic heterocycles. The molecule has 1 saturated carbocycles. The molecule has 14 heavy (non-hydrogen) atoms. The minimum absolute atomic E-state index is 0.378. The zero-order valence-electron chi connectivity index (χ0n) is 8.45. The van der Waals surface area contributed by atoms with Gasteiger partial charge in [-0.2, -0.15) is 0 Å². The summed E-state index contributed by atoms with van der Waals surface area (Å²) in [7, 11) is 0. The smallest absolute Gasteiger partial charge is 0.315 e. The van der Waals surface area contributed by atoms with Crippen LogP contribution in [0.25, 0.3) is 0 Å². The quantitative estimate of drug-likeness (QED) is 0.649. The van der Waals surface area contributed by atoms with Gasteiger partial charge in [-0.15, -0.1) is 0 Å². The van der Waals surface area contributed by atoms with Gasteiger partial charge in [-0.25, -0.2) is 0 Å². The highest BCUT2D eigenvalue weighted by Gasteiger charge is 2.21. The van der Waals surface area contributed by atoms with Gasteiger partial charge in [-0.1, -0.05) is 19.3 Å². The van der Waals surface area contributed by atoms with Gasteiger partial charge < -0.3 is 10.4 Å². The van der Waals surface area contributed by atoms with Crippen molar-refractivity contribution in [3.63, 3.8) is 0 Å². The molecule has 80 valence electrons. The van der Waals surface area contributed by atoms with E-state index in [9.17, 15) is 9.59 Å². The maximum absolute atomic E-state index is 11.2. The minimum Gasteiger partial charge on any atom is -0.481 e. The summed E-state index contributed by atoms with van der Waals surface area (Å²) in [4.78, 5) is 21.6. The van der Waals surface area contributed by atoms with Crippen LogP contribution in [-0.4, -0.2) is 23.5 Å². The lowest BCUT2D eigenvalue weighted by atomic mass is 9.83. The summed E-state index contributed by atoms with van der Waals surface area (Å²) in [6.07, 6.45) is 4.79. The molecule has 0 aromatic rings. The molecular formula is C10H17NO3. The molecule has 0 spiro atoms. The van der Waals surface area contributed by atoms with Crippen LogP contribution in [0.5, 0.6) is 0 Å². The summed E-state index contributed by atoms with van der Waals surface area (Å²) in [6.45, 7) is 2.02. The predicted octanol–water partition coefficient (Wildman–Crippen LogP) is 1.01. The molecule has 2 N–H and O–H groups in total. The summed E-state index contributed by atoms with van der Waals surface area (Å²) in [5.41, 5.74) is 0. The van der Waals surface area contributed by atoms with Gasteiger partial charge in [-0.05, 0) is 19.3 Å². The fraction of sp³-hybridized carbons (Fsp3) is 0.800. The number of carbonyl (C=O) groups excluding carboxylic acids is 1. The van der Waals surface area contributed by atoms with Crippen molar-refractivity contribution in [3.8, 4) is 0 Å². The Morgan fingerprint density at radius 2 is 2.14 bits per heavy atom. The van der Waals surface area contributed by atoms with E-state index in [1.54, 1.807) is 0 Å². The molecule has 0 saturated heterocycles. The normalized spacial score (nSPS) is 18.4. The van der Waals surface area contributed by atoms with Crippen molar-refractivity contribution in [2.75, 3.05) is 6.54 Å². The Labute approximate surface area is 83.7 Å². The average molecular weight is 199 g/mol. The number of amides is 1. The molecule has 1 atom stereocenters. The largest absolute Gasteiger partial charge is 0.481 e. The molecule has 1 unspecified atom stereocenters. The SMILES string of the molecule is CC(C(=O)O)C(=O)NCCC1CCC1. The van der Waals surface area contributed by atoms with Gasteiger partial charge in [0.05, 0.1) is 0 Å². The van der Waals surface area contributed by atoms with Crippen LogP contribution in [0.1, 0.15) is 32.6 Å². The number of hydrogen-bond donors (Lipinski definition) is 2. The van der Waals surface area contributed by atoms with E-state index in [0.717, 1.165) is 12.3 Å². The average Bonchev–Trinajstić information content (AvgIpc) is 2.07. The van der Waals surface area contributed by atoms with Crippen molar-refractivity contribution in [2.24, 2.45) is 11.8 Å². The summed E-state index contributed by atoms with van der Waals surface area (Å²) >= 11 is 0. The first-order chi connectivity index (χ1) is 6.61. The highest BCUT2D eigenvalue weighted by atomic mass is 16.4. The van der Waals surface area contributed by atoms with Crippen LogP contribution in [-0.2, 0) is 9.59 Å². The third kappa shape index (κ3) is 3.01. The standard InChI is InChI=1S/C10H17NO3/c1-7(10(13)14)9(12)11-6-5-8-3-2-4-8/h7-8H,2-6H2,1H3,(H,11,12)(H,13,14).